The molecule has 0 unspecified atom stereocenters. The Morgan fingerprint density at radius 3 is 1.28 bits per heavy atom. The normalized spacial score (nSPS) is 11.9. The summed E-state index contributed by atoms with van der Waals surface area (Å²) in [4.78, 5) is 0.358. The van der Waals surface area contributed by atoms with Gasteiger partial charge in [-0.15, -0.1) is 0 Å². The molecule has 0 saturated heterocycles. The van der Waals surface area contributed by atoms with Crippen molar-refractivity contribution in [2.24, 2.45) is 0 Å². The number of halogens is 1. The quantitative estimate of drug-likeness (QED) is 0.358. The van der Waals surface area contributed by atoms with E-state index in [0.29, 0.717) is 5.02 Å². The molecule has 0 bridgehead atoms. The van der Waals surface area contributed by atoms with Crippen LogP contribution in [0.25, 0.3) is 0 Å². The van der Waals surface area contributed by atoms with Gasteiger partial charge in [0.05, 0.1) is 9.79 Å². The number of sulfone groups is 1. The molecule has 32 heavy (non-hydrogen) atoms. The summed E-state index contributed by atoms with van der Waals surface area (Å²) in [7, 11) is -3.68. The second kappa shape index (κ2) is 8.34. The van der Waals surface area contributed by atoms with Crippen molar-refractivity contribution < 1.29 is 18.6 Å². The van der Waals surface area contributed by atoms with Gasteiger partial charge in [-0.05, 0) is 84.3 Å². The van der Waals surface area contributed by atoms with Crippen LogP contribution in [0.5, 0.6) is 11.5 Å². The van der Waals surface area contributed by atoms with Crippen LogP contribution in [0.3, 0.4) is 0 Å². The molecule has 0 amide bonds. The zero-order chi connectivity index (χ0) is 22.9. The van der Waals surface area contributed by atoms with Crippen LogP contribution in [0.15, 0.2) is 107 Å². The van der Waals surface area contributed by atoms with Gasteiger partial charge in [0.2, 0.25) is 9.84 Å². The van der Waals surface area contributed by atoms with Crippen molar-refractivity contribution in [2.75, 3.05) is 0 Å². The third-order valence-electron chi connectivity index (χ3n) is 5.76. The van der Waals surface area contributed by atoms with Crippen molar-refractivity contribution in [1.29, 1.82) is 0 Å². The second-order valence-electron chi connectivity index (χ2n) is 7.70. The summed E-state index contributed by atoms with van der Waals surface area (Å²) in [6, 6.07) is 26.7. The van der Waals surface area contributed by atoms with Gasteiger partial charge >= 0.3 is 0 Å². The SMILES string of the molecule is CC(c1ccc(O)cc1)(c1ccc(O)cc1)c1ccc(S(=O)(=O)c2ccc(Cl)cc2)cc1. The predicted octanol–water partition coefficient (Wildman–Crippen LogP) is 5.94. The molecule has 2 N–H and O–H groups in total. The van der Waals surface area contributed by atoms with Crippen molar-refractivity contribution in [1.82, 2.24) is 0 Å². The molecule has 0 spiro atoms. The lowest BCUT2D eigenvalue weighted by atomic mass is 9.71. The summed E-state index contributed by atoms with van der Waals surface area (Å²) in [5, 5.41) is 20.0. The molecule has 0 fully saturated rings. The monoisotopic (exact) mass is 464 g/mol. The van der Waals surface area contributed by atoms with Gasteiger partial charge < -0.3 is 10.2 Å². The number of hydrogen-bond donors (Lipinski definition) is 2. The first-order valence-electron chi connectivity index (χ1n) is 9.91. The van der Waals surface area contributed by atoms with Crippen molar-refractivity contribution in [2.45, 2.75) is 22.1 Å². The van der Waals surface area contributed by atoms with Gasteiger partial charge in [-0.25, -0.2) is 8.42 Å². The van der Waals surface area contributed by atoms with Gasteiger partial charge in [0.1, 0.15) is 11.5 Å². The smallest absolute Gasteiger partial charge is 0.206 e. The van der Waals surface area contributed by atoms with Gasteiger partial charge in [-0.1, -0.05) is 48.0 Å². The highest BCUT2D eigenvalue weighted by molar-refractivity contribution is 7.91. The van der Waals surface area contributed by atoms with Crippen molar-refractivity contribution in [3.63, 3.8) is 0 Å². The average Bonchev–Trinajstić information content (AvgIpc) is 2.80. The Hall–Kier alpha value is -3.28. The minimum Gasteiger partial charge on any atom is -0.508 e. The van der Waals surface area contributed by atoms with Crippen LogP contribution in [0.4, 0.5) is 0 Å². The van der Waals surface area contributed by atoms with Crippen LogP contribution in [0, 0.1) is 0 Å². The molecule has 0 saturated carbocycles. The third-order valence-corrected chi connectivity index (χ3v) is 7.79. The number of phenolic OH excluding ortho intramolecular Hbond substituents is 2. The molecule has 0 aliphatic carbocycles. The number of hydrogen-bond acceptors (Lipinski definition) is 4. The lowest BCUT2D eigenvalue weighted by Gasteiger charge is -2.32. The number of rotatable bonds is 5. The van der Waals surface area contributed by atoms with E-state index in [1.165, 1.54) is 12.1 Å². The third kappa shape index (κ3) is 3.97. The van der Waals surface area contributed by atoms with Gasteiger partial charge in [0.15, 0.2) is 0 Å². The zero-order valence-corrected chi connectivity index (χ0v) is 18.8. The first kappa shape index (κ1) is 21.9. The predicted molar refractivity (Wildman–Crippen MR) is 125 cm³/mol. The molecule has 4 aromatic carbocycles. The van der Waals surface area contributed by atoms with Crippen molar-refractivity contribution in [3.05, 3.63) is 119 Å². The van der Waals surface area contributed by atoms with Crippen LogP contribution in [-0.4, -0.2) is 18.6 Å². The fraction of sp³-hybridized carbons (Fsp3) is 0.0769. The summed E-state index contributed by atoms with van der Waals surface area (Å²) >= 11 is 5.89. The number of aromatic hydroxyl groups is 2. The topological polar surface area (TPSA) is 74.6 Å². The van der Waals surface area contributed by atoms with Gasteiger partial charge in [-0.3, -0.25) is 0 Å². The van der Waals surface area contributed by atoms with Crippen molar-refractivity contribution in [3.8, 4) is 11.5 Å². The molecular weight excluding hydrogens is 444 g/mol. The molecule has 162 valence electrons. The van der Waals surface area contributed by atoms with Crippen LogP contribution >= 0.6 is 11.6 Å². The highest BCUT2D eigenvalue weighted by Crippen LogP contribution is 2.40. The van der Waals surface area contributed by atoms with E-state index in [2.05, 4.69) is 0 Å². The molecular formula is C26H21ClO4S. The van der Waals surface area contributed by atoms with E-state index in [1.54, 1.807) is 60.7 Å². The minimum absolute atomic E-state index is 0.159. The molecule has 0 heterocycles. The van der Waals surface area contributed by atoms with E-state index >= 15 is 0 Å². The molecule has 4 nitrogen and oxygen atoms in total. The molecule has 0 atom stereocenters. The lowest BCUT2D eigenvalue weighted by Crippen LogP contribution is -2.25. The molecule has 6 heteroatoms. The standard InChI is InChI=1S/C26H21ClO4S/c1-26(18-2-10-22(28)11-3-18,19-4-12-23(29)13-5-19)20-6-14-24(15-7-20)32(30,31)25-16-8-21(27)9-17-25/h2-17,28-29H,1H3. The zero-order valence-electron chi connectivity index (χ0n) is 17.2. The second-order valence-corrected chi connectivity index (χ2v) is 10.1. The Morgan fingerprint density at radius 1 is 0.594 bits per heavy atom. The van der Waals surface area contributed by atoms with E-state index in [1.807, 2.05) is 31.2 Å². The van der Waals surface area contributed by atoms with Gasteiger partial charge in [0, 0.05) is 10.4 Å². The molecule has 0 radical (unpaired) electrons. The van der Waals surface area contributed by atoms with E-state index in [4.69, 9.17) is 11.6 Å². The maximum Gasteiger partial charge on any atom is 0.206 e. The number of benzene rings is 4. The fourth-order valence-corrected chi connectivity index (χ4v) is 5.19. The van der Waals surface area contributed by atoms with E-state index in [-0.39, 0.29) is 21.3 Å². The largest absolute Gasteiger partial charge is 0.508 e. The molecule has 4 aromatic rings. The maximum atomic E-state index is 13.0. The molecule has 4 rings (SSSR count). The van der Waals surface area contributed by atoms with Crippen LogP contribution in [-0.2, 0) is 15.3 Å². The fourth-order valence-electron chi connectivity index (χ4n) is 3.81. The number of phenols is 2. The lowest BCUT2D eigenvalue weighted by molar-refractivity contribution is 0.474. The molecule has 0 aromatic heterocycles. The summed E-state index contributed by atoms with van der Waals surface area (Å²) in [6.45, 7) is 2.02. The van der Waals surface area contributed by atoms with Crippen LogP contribution in [0.2, 0.25) is 5.02 Å². The van der Waals surface area contributed by atoms with Gasteiger partial charge in [0.25, 0.3) is 0 Å². The average molecular weight is 465 g/mol. The Morgan fingerprint density at radius 2 is 0.906 bits per heavy atom. The summed E-state index contributed by atoms with van der Waals surface area (Å²) in [6.07, 6.45) is 0. The minimum atomic E-state index is -3.68. The van der Waals surface area contributed by atoms with E-state index in [9.17, 15) is 18.6 Å². The molecule has 0 aliphatic rings. The maximum absolute atomic E-state index is 13.0. The highest BCUT2D eigenvalue weighted by Gasteiger charge is 2.32. The van der Waals surface area contributed by atoms with Crippen LogP contribution in [0.1, 0.15) is 23.6 Å². The van der Waals surface area contributed by atoms with Gasteiger partial charge in [-0.2, -0.15) is 0 Å². The first-order chi connectivity index (χ1) is 15.2. The summed E-state index contributed by atoms with van der Waals surface area (Å²) in [5.41, 5.74) is 2.04. The molecule has 0 aliphatic heterocycles. The summed E-state index contributed by atoms with van der Waals surface area (Å²) in [5.74, 6) is 0.317. The Labute approximate surface area is 192 Å². The first-order valence-corrected chi connectivity index (χ1v) is 11.8. The Kier molecular flexibility index (Phi) is 5.71. The highest BCUT2D eigenvalue weighted by atomic mass is 35.5. The Bertz CT molecular complexity index is 1280. The summed E-state index contributed by atoms with van der Waals surface area (Å²) < 4.78 is 26.0. The Balaban J connectivity index is 1.81. The van der Waals surface area contributed by atoms with Crippen LogP contribution < -0.4 is 0 Å². The van der Waals surface area contributed by atoms with Crippen molar-refractivity contribution >= 4 is 21.4 Å². The van der Waals surface area contributed by atoms with E-state index in [0.717, 1.165) is 16.7 Å². The van der Waals surface area contributed by atoms with E-state index < -0.39 is 15.3 Å².